The van der Waals surface area contributed by atoms with Crippen molar-refractivity contribution in [2.45, 2.75) is 31.2 Å². The second-order valence-electron chi connectivity index (χ2n) is 7.84. The summed E-state index contributed by atoms with van der Waals surface area (Å²) >= 11 is 0. The van der Waals surface area contributed by atoms with Crippen molar-refractivity contribution in [3.8, 4) is 0 Å². The largest absolute Gasteiger partial charge is 0.464 e. The number of ether oxygens (including phenoxy) is 1. The van der Waals surface area contributed by atoms with Crippen molar-refractivity contribution in [2.75, 3.05) is 6.61 Å². The minimum atomic E-state index is -1.15. The van der Waals surface area contributed by atoms with E-state index < -0.39 is 5.54 Å². The van der Waals surface area contributed by atoms with Crippen LogP contribution in [0.2, 0.25) is 0 Å². The quantitative estimate of drug-likeness (QED) is 0.421. The highest BCUT2D eigenvalue weighted by molar-refractivity contribution is 6.05. The molecule has 0 N–H and O–H groups in total. The third-order valence-electron chi connectivity index (χ3n) is 5.84. The molecule has 0 fully saturated rings. The highest BCUT2D eigenvalue weighted by Crippen LogP contribution is 2.43. The van der Waals surface area contributed by atoms with Gasteiger partial charge in [0.1, 0.15) is 5.82 Å². The second kappa shape index (κ2) is 9.73. The normalized spacial score (nSPS) is 19.0. The predicted molar refractivity (Wildman–Crippen MR) is 126 cm³/mol. The van der Waals surface area contributed by atoms with Gasteiger partial charge in [-0.25, -0.2) is 9.18 Å². The molecule has 3 aromatic carbocycles. The van der Waals surface area contributed by atoms with Crippen molar-refractivity contribution in [2.24, 2.45) is 4.99 Å². The van der Waals surface area contributed by atoms with E-state index in [-0.39, 0.29) is 24.3 Å². The molecule has 1 aliphatic rings. The Hall–Kier alpha value is -3.53. The van der Waals surface area contributed by atoms with Gasteiger partial charge in [0.05, 0.1) is 6.61 Å². The molecule has 0 saturated carbocycles. The van der Waals surface area contributed by atoms with Crippen molar-refractivity contribution in [1.29, 1.82) is 0 Å². The Morgan fingerprint density at radius 3 is 2.38 bits per heavy atom. The average molecular weight is 428 g/mol. The van der Waals surface area contributed by atoms with Crippen LogP contribution in [-0.2, 0) is 9.53 Å². The smallest absolute Gasteiger partial charge is 0.334 e. The van der Waals surface area contributed by atoms with E-state index in [9.17, 15) is 9.18 Å². The van der Waals surface area contributed by atoms with Crippen molar-refractivity contribution < 1.29 is 13.9 Å². The Morgan fingerprint density at radius 2 is 1.69 bits per heavy atom. The Labute approximate surface area is 188 Å². The van der Waals surface area contributed by atoms with Crippen molar-refractivity contribution in [3.05, 3.63) is 114 Å². The van der Waals surface area contributed by atoms with Gasteiger partial charge in [0.15, 0.2) is 5.54 Å². The average Bonchev–Trinajstić information content (AvgIpc) is 3.27. The molecule has 1 aliphatic heterocycles. The van der Waals surface area contributed by atoms with E-state index in [0.717, 1.165) is 11.1 Å². The number of hydrogen-bond donors (Lipinski definition) is 0. The Kier molecular flexibility index (Phi) is 6.60. The van der Waals surface area contributed by atoms with Gasteiger partial charge in [-0.1, -0.05) is 91.0 Å². The highest BCUT2D eigenvalue weighted by Gasteiger charge is 2.50. The summed E-state index contributed by atoms with van der Waals surface area (Å²) in [5, 5.41) is 0. The molecule has 0 amide bonds. The van der Waals surface area contributed by atoms with Gasteiger partial charge in [-0.05, 0) is 37.0 Å². The van der Waals surface area contributed by atoms with E-state index in [0.29, 0.717) is 24.1 Å². The van der Waals surface area contributed by atoms with Crippen molar-refractivity contribution >= 4 is 17.8 Å². The summed E-state index contributed by atoms with van der Waals surface area (Å²) < 4.78 is 20.0. The molecule has 0 bridgehead atoms. The van der Waals surface area contributed by atoms with Gasteiger partial charge in [-0.3, -0.25) is 4.99 Å². The van der Waals surface area contributed by atoms with Crippen LogP contribution in [0, 0.1) is 5.82 Å². The standard InChI is InChI=1S/C28H26FNO2/c1-2-32-27(31)28(20-19-26(30-28)23-15-9-10-16-25(23)29)24(22-13-7-4-8-14-22)18-17-21-11-5-3-6-12-21/h3-18,24H,2,19-20H2,1H3/b18-17+/t24-,28+/m1/s1. The summed E-state index contributed by atoms with van der Waals surface area (Å²) in [7, 11) is 0. The maximum absolute atomic E-state index is 14.5. The fourth-order valence-electron chi connectivity index (χ4n) is 4.29. The first-order chi connectivity index (χ1) is 15.6. The first kappa shape index (κ1) is 21.7. The molecule has 162 valence electrons. The van der Waals surface area contributed by atoms with Gasteiger partial charge in [-0.2, -0.15) is 0 Å². The molecule has 0 unspecified atom stereocenters. The highest BCUT2D eigenvalue weighted by atomic mass is 19.1. The molecule has 0 saturated heterocycles. The van der Waals surface area contributed by atoms with Gasteiger partial charge in [-0.15, -0.1) is 0 Å². The summed E-state index contributed by atoms with van der Waals surface area (Å²) in [5.74, 6) is -1.06. The van der Waals surface area contributed by atoms with Gasteiger partial charge in [0, 0.05) is 17.2 Å². The van der Waals surface area contributed by atoms with Crippen LogP contribution in [0.5, 0.6) is 0 Å². The number of carbonyl (C=O) groups excluding carboxylic acids is 1. The van der Waals surface area contributed by atoms with Crippen LogP contribution >= 0.6 is 0 Å². The van der Waals surface area contributed by atoms with Crippen LogP contribution in [-0.4, -0.2) is 23.8 Å². The van der Waals surface area contributed by atoms with E-state index in [1.165, 1.54) is 6.07 Å². The molecule has 0 spiro atoms. The Morgan fingerprint density at radius 1 is 1.03 bits per heavy atom. The first-order valence-corrected chi connectivity index (χ1v) is 10.9. The van der Waals surface area contributed by atoms with Crippen LogP contribution in [0.4, 0.5) is 4.39 Å². The molecule has 0 aromatic heterocycles. The molecular formula is C28H26FNO2. The first-order valence-electron chi connectivity index (χ1n) is 10.9. The van der Waals surface area contributed by atoms with Gasteiger partial charge < -0.3 is 4.74 Å². The molecule has 3 nitrogen and oxygen atoms in total. The zero-order valence-corrected chi connectivity index (χ0v) is 18.1. The third kappa shape index (κ3) is 4.40. The van der Waals surface area contributed by atoms with Crippen LogP contribution in [0.25, 0.3) is 6.08 Å². The number of hydrogen-bond acceptors (Lipinski definition) is 3. The monoisotopic (exact) mass is 427 g/mol. The fourth-order valence-corrected chi connectivity index (χ4v) is 4.29. The molecule has 0 radical (unpaired) electrons. The van der Waals surface area contributed by atoms with E-state index in [1.807, 2.05) is 72.8 Å². The number of aliphatic imine (C=N–C) groups is 1. The van der Waals surface area contributed by atoms with E-state index in [2.05, 4.69) is 0 Å². The summed E-state index contributed by atoms with van der Waals surface area (Å²) in [6.45, 7) is 2.05. The number of benzene rings is 3. The lowest BCUT2D eigenvalue weighted by atomic mass is 9.77. The molecule has 3 aromatic rings. The number of halogens is 1. The lowest BCUT2D eigenvalue weighted by molar-refractivity contribution is -0.150. The molecule has 0 aliphatic carbocycles. The molecular weight excluding hydrogens is 401 g/mol. The number of rotatable bonds is 7. The minimum Gasteiger partial charge on any atom is -0.464 e. The summed E-state index contributed by atoms with van der Waals surface area (Å²) in [6, 6.07) is 26.4. The summed E-state index contributed by atoms with van der Waals surface area (Å²) in [5.41, 5.74) is 1.89. The number of esters is 1. The van der Waals surface area contributed by atoms with Crippen LogP contribution in [0.1, 0.15) is 42.4 Å². The minimum absolute atomic E-state index is 0.259. The zero-order valence-electron chi connectivity index (χ0n) is 18.1. The van der Waals surface area contributed by atoms with Crippen molar-refractivity contribution in [3.63, 3.8) is 0 Å². The third-order valence-corrected chi connectivity index (χ3v) is 5.84. The molecule has 2 atom stereocenters. The topological polar surface area (TPSA) is 38.7 Å². The van der Waals surface area contributed by atoms with Crippen LogP contribution < -0.4 is 0 Å². The zero-order chi connectivity index (χ0) is 22.4. The van der Waals surface area contributed by atoms with E-state index >= 15 is 0 Å². The molecule has 1 heterocycles. The lowest BCUT2D eigenvalue weighted by Gasteiger charge is -2.31. The van der Waals surface area contributed by atoms with Gasteiger partial charge in [0.2, 0.25) is 0 Å². The van der Waals surface area contributed by atoms with E-state index in [4.69, 9.17) is 9.73 Å². The maximum Gasteiger partial charge on any atom is 0.334 e. The summed E-state index contributed by atoms with van der Waals surface area (Å²) in [6.07, 6.45) is 4.99. The second-order valence-corrected chi connectivity index (χ2v) is 7.84. The van der Waals surface area contributed by atoms with Crippen molar-refractivity contribution in [1.82, 2.24) is 0 Å². The van der Waals surface area contributed by atoms with Gasteiger partial charge >= 0.3 is 5.97 Å². The summed E-state index contributed by atoms with van der Waals surface area (Å²) in [4.78, 5) is 18.3. The van der Waals surface area contributed by atoms with E-state index in [1.54, 1.807) is 25.1 Å². The van der Waals surface area contributed by atoms with Gasteiger partial charge in [0.25, 0.3) is 0 Å². The molecule has 4 rings (SSSR count). The molecule has 32 heavy (non-hydrogen) atoms. The SMILES string of the molecule is CCOC(=O)[C@@]1([C@H](/C=C/c2ccccc2)c2ccccc2)CCC(c2ccccc2F)=N1. The lowest BCUT2D eigenvalue weighted by Crippen LogP contribution is -2.42. The number of nitrogens with zero attached hydrogens (tertiary/aromatic N) is 1. The van der Waals surface area contributed by atoms with Crippen LogP contribution in [0.3, 0.4) is 0 Å². The Balaban J connectivity index is 1.84. The fraction of sp³-hybridized carbons (Fsp3) is 0.214. The predicted octanol–water partition coefficient (Wildman–Crippen LogP) is 6.21. The van der Waals surface area contributed by atoms with Crippen LogP contribution in [0.15, 0.2) is 96.0 Å². The number of carbonyl (C=O) groups is 1. The Bertz CT molecular complexity index is 1120. The maximum atomic E-state index is 14.5. The molecule has 4 heteroatoms.